The fraction of sp³-hybridized carbons (Fsp3) is 0.455. The molecular formula is C22H29FN4O2. The Morgan fingerprint density at radius 1 is 1.31 bits per heavy atom. The van der Waals surface area contributed by atoms with E-state index >= 15 is 0 Å². The van der Waals surface area contributed by atoms with Crippen molar-refractivity contribution in [3.8, 4) is 0 Å². The number of urea groups is 1. The van der Waals surface area contributed by atoms with Gasteiger partial charge in [0.1, 0.15) is 5.82 Å². The van der Waals surface area contributed by atoms with E-state index in [4.69, 9.17) is 10.5 Å². The monoisotopic (exact) mass is 400 g/mol. The van der Waals surface area contributed by atoms with Crippen molar-refractivity contribution in [2.75, 3.05) is 24.6 Å². The van der Waals surface area contributed by atoms with Crippen LogP contribution in [0, 0.1) is 12.7 Å². The highest BCUT2D eigenvalue weighted by Gasteiger charge is 2.22. The summed E-state index contributed by atoms with van der Waals surface area (Å²) in [5.41, 5.74) is 7.88. The highest BCUT2D eigenvalue weighted by atomic mass is 19.1. The molecule has 7 heteroatoms. The molecule has 1 aliphatic heterocycles. The van der Waals surface area contributed by atoms with Crippen molar-refractivity contribution in [1.82, 2.24) is 9.88 Å². The van der Waals surface area contributed by atoms with Crippen molar-refractivity contribution in [2.24, 2.45) is 5.73 Å². The van der Waals surface area contributed by atoms with Crippen LogP contribution in [0.25, 0.3) is 0 Å². The second kappa shape index (κ2) is 9.80. The molecule has 0 radical (unpaired) electrons. The van der Waals surface area contributed by atoms with Crippen LogP contribution in [0.15, 0.2) is 36.5 Å². The number of primary amides is 1. The van der Waals surface area contributed by atoms with E-state index in [0.717, 1.165) is 55.1 Å². The molecule has 0 atom stereocenters. The van der Waals surface area contributed by atoms with E-state index < -0.39 is 11.8 Å². The number of hydrogen-bond acceptors (Lipinski definition) is 4. The van der Waals surface area contributed by atoms with Crippen molar-refractivity contribution in [3.63, 3.8) is 0 Å². The Bertz CT molecular complexity index is 820. The molecular weight excluding hydrogens is 371 g/mol. The van der Waals surface area contributed by atoms with Gasteiger partial charge in [-0.25, -0.2) is 9.18 Å². The van der Waals surface area contributed by atoms with Gasteiger partial charge in [0.05, 0.1) is 23.7 Å². The molecule has 0 bridgehead atoms. The minimum Gasteiger partial charge on any atom is -0.378 e. The van der Waals surface area contributed by atoms with Gasteiger partial charge >= 0.3 is 6.03 Å². The van der Waals surface area contributed by atoms with Crippen molar-refractivity contribution in [1.29, 1.82) is 0 Å². The van der Waals surface area contributed by atoms with Crippen LogP contribution >= 0.6 is 0 Å². The summed E-state index contributed by atoms with van der Waals surface area (Å²) in [5, 5.41) is 0. The number of ether oxygens (including phenoxy) is 1. The molecule has 2 aromatic rings. The molecule has 1 aromatic heterocycles. The molecule has 156 valence electrons. The third-order valence-electron chi connectivity index (χ3n) is 5.12. The Morgan fingerprint density at radius 3 is 2.69 bits per heavy atom. The average Bonchev–Trinajstić information content (AvgIpc) is 2.71. The van der Waals surface area contributed by atoms with Gasteiger partial charge in [-0.15, -0.1) is 0 Å². The molecule has 3 rings (SSSR count). The van der Waals surface area contributed by atoms with E-state index in [1.54, 1.807) is 24.3 Å². The van der Waals surface area contributed by atoms with Crippen molar-refractivity contribution >= 4 is 17.4 Å². The number of benzene rings is 1. The number of carbonyl (C=O) groups excluding carboxylic acids is 1. The molecule has 1 aliphatic rings. The zero-order chi connectivity index (χ0) is 20.8. The molecule has 6 nitrogen and oxygen atoms in total. The summed E-state index contributed by atoms with van der Waals surface area (Å²) < 4.78 is 20.4. The smallest absolute Gasteiger partial charge is 0.324 e. The molecule has 1 fully saturated rings. The highest BCUT2D eigenvalue weighted by molar-refractivity contribution is 5.98. The summed E-state index contributed by atoms with van der Waals surface area (Å²) in [5.74, 6) is -0.500. The molecule has 0 saturated carbocycles. The van der Waals surface area contributed by atoms with Crippen molar-refractivity contribution < 1.29 is 13.9 Å². The predicted molar refractivity (Wildman–Crippen MR) is 112 cm³/mol. The molecule has 0 unspecified atom stereocenters. The number of piperidine rings is 1. The summed E-state index contributed by atoms with van der Waals surface area (Å²) in [6.07, 6.45) is 4.88. The lowest BCUT2D eigenvalue weighted by atomic mass is 10.1. The minimum atomic E-state index is -0.749. The standard InChI is InChI=1S/C22H29FN4O2/c1-3-12-29-19-8-10-26(11-9-19)15-17-5-7-20(23)21(13-17)27(22(24)28)18-6-4-16(2)25-14-18/h4-7,13-14,19H,3,8-12,15H2,1-2H3,(H2,24,28). The van der Waals surface area contributed by atoms with Gasteiger partial charge in [0, 0.05) is 31.9 Å². The fourth-order valence-corrected chi connectivity index (χ4v) is 3.58. The topological polar surface area (TPSA) is 71.7 Å². The lowest BCUT2D eigenvalue weighted by Crippen LogP contribution is -2.36. The maximum Gasteiger partial charge on any atom is 0.324 e. The van der Waals surface area contributed by atoms with Gasteiger partial charge in [0.2, 0.25) is 0 Å². The van der Waals surface area contributed by atoms with E-state index in [-0.39, 0.29) is 5.69 Å². The maximum atomic E-state index is 14.6. The third kappa shape index (κ3) is 5.52. The number of carbonyl (C=O) groups is 1. The van der Waals surface area contributed by atoms with E-state index in [1.165, 1.54) is 12.3 Å². The predicted octanol–water partition coefficient (Wildman–Crippen LogP) is 4.14. The average molecular weight is 400 g/mol. The number of anilines is 2. The van der Waals surface area contributed by atoms with Crippen LogP contribution in [0.1, 0.15) is 37.4 Å². The van der Waals surface area contributed by atoms with Gasteiger partial charge in [-0.2, -0.15) is 0 Å². The normalized spacial score (nSPS) is 15.4. The van der Waals surface area contributed by atoms with Crippen LogP contribution in [0.5, 0.6) is 0 Å². The first kappa shape index (κ1) is 21.2. The number of likely N-dealkylation sites (tertiary alicyclic amines) is 1. The van der Waals surface area contributed by atoms with Crippen LogP contribution in [0.4, 0.5) is 20.6 Å². The van der Waals surface area contributed by atoms with E-state index in [0.29, 0.717) is 18.3 Å². The van der Waals surface area contributed by atoms with Crippen molar-refractivity contribution in [2.45, 2.75) is 45.8 Å². The molecule has 2 heterocycles. The van der Waals surface area contributed by atoms with E-state index in [9.17, 15) is 9.18 Å². The van der Waals surface area contributed by atoms with Gasteiger partial charge in [0.25, 0.3) is 0 Å². The summed E-state index contributed by atoms with van der Waals surface area (Å²) in [6.45, 7) is 7.32. The second-order valence-electron chi connectivity index (χ2n) is 7.46. The molecule has 0 spiro atoms. The first-order chi connectivity index (χ1) is 14.0. The number of halogens is 1. The summed E-state index contributed by atoms with van der Waals surface area (Å²) in [6, 6.07) is 7.56. The van der Waals surface area contributed by atoms with E-state index in [1.807, 2.05) is 6.92 Å². The molecule has 1 aromatic carbocycles. The minimum absolute atomic E-state index is 0.141. The molecule has 2 amide bonds. The molecule has 29 heavy (non-hydrogen) atoms. The summed E-state index contributed by atoms with van der Waals surface area (Å²) in [7, 11) is 0. The van der Waals surface area contributed by atoms with Crippen LogP contribution in [0.2, 0.25) is 0 Å². The lowest BCUT2D eigenvalue weighted by molar-refractivity contribution is 0.00626. The number of aromatic nitrogens is 1. The quantitative estimate of drug-likeness (QED) is 0.758. The number of amides is 2. The van der Waals surface area contributed by atoms with Gasteiger partial charge in [-0.3, -0.25) is 14.8 Å². The summed E-state index contributed by atoms with van der Waals surface area (Å²) >= 11 is 0. The number of hydrogen-bond donors (Lipinski definition) is 1. The van der Waals surface area contributed by atoms with Crippen LogP contribution in [-0.2, 0) is 11.3 Å². The largest absolute Gasteiger partial charge is 0.378 e. The first-order valence-electron chi connectivity index (χ1n) is 10.1. The van der Waals surface area contributed by atoms with Crippen LogP contribution in [-0.4, -0.2) is 41.7 Å². The number of nitrogens with zero attached hydrogens (tertiary/aromatic N) is 3. The Morgan fingerprint density at radius 2 is 2.07 bits per heavy atom. The molecule has 0 aliphatic carbocycles. The van der Waals surface area contributed by atoms with Gasteiger partial charge in [-0.1, -0.05) is 13.0 Å². The van der Waals surface area contributed by atoms with Gasteiger partial charge in [0.15, 0.2) is 0 Å². The summed E-state index contributed by atoms with van der Waals surface area (Å²) in [4.78, 5) is 19.8. The van der Waals surface area contributed by atoms with Gasteiger partial charge < -0.3 is 10.5 Å². The molecule has 1 saturated heterocycles. The maximum absolute atomic E-state index is 14.6. The lowest BCUT2D eigenvalue weighted by Gasteiger charge is -2.32. The Balaban J connectivity index is 1.74. The number of aryl methyl sites for hydroxylation is 1. The van der Waals surface area contributed by atoms with Gasteiger partial charge in [-0.05, 0) is 56.0 Å². The third-order valence-corrected chi connectivity index (χ3v) is 5.12. The molecule has 2 N–H and O–H groups in total. The van der Waals surface area contributed by atoms with Crippen LogP contribution < -0.4 is 10.6 Å². The SMILES string of the molecule is CCCOC1CCN(Cc2ccc(F)c(N(C(N)=O)c3ccc(C)nc3)c2)CC1. The second-order valence-corrected chi connectivity index (χ2v) is 7.46. The number of nitrogens with two attached hydrogens (primary N) is 1. The zero-order valence-electron chi connectivity index (χ0n) is 17.1. The van der Waals surface area contributed by atoms with Crippen molar-refractivity contribution in [3.05, 3.63) is 53.6 Å². The fourth-order valence-electron chi connectivity index (χ4n) is 3.58. The number of pyridine rings is 1. The first-order valence-corrected chi connectivity index (χ1v) is 10.1. The van der Waals surface area contributed by atoms with Crippen LogP contribution in [0.3, 0.4) is 0 Å². The highest BCUT2D eigenvalue weighted by Crippen LogP contribution is 2.29. The number of rotatable bonds is 7. The Labute approximate surface area is 171 Å². The Hall–Kier alpha value is -2.51. The zero-order valence-corrected chi connectivity index (χ0v) is 17.1. The van der Waals surface area contributed by atoms with E-state index in [2.05, 4.69) is 16.8 Å². The Kier molecular flexibility index (Phi) is 7.17.